The molecule has 0 aliphatic carbocycles. The summed E-state index contributed by atoms with van der Waals surface area (Å²) in [4.78, 5) is 17.5. The van der Waals surface area contributed by atoms with Crippen LogP contribution in [-0.2, 0) is 24.2 Å². The number of anilines is 1. The smallest absolute Gasteiger partial charge is 0.234 e. The molecular formula is C31H26FN5O2S3. The number of fused-ring (bicyclic) bond motifs is 2. The normalized spacial score (nSPS) is 11.3. The van der Waals surface area contributed by atoms with Gasteiger partial charge in [0, 0.05) is 23.9 Å². The average Bonchev–Trinajstić information content (AvgIpc) is 3.57. The van der Waals surface area contributed by atoms with E-state index in [1.165, 1.54) is 17.8 Å². The number of rotatable bonds is 10. The number of aromatic nitrogens is 4. The molecular weight excluding hydrogens is 590 g/mol. The maximum atomic E-state index is 14.2. The fraction of sp³-hybridized carbons (Fsp3) is 0.161. The van der Waals surface area contributed by atoms with Gasteiger partial charge in [-0.1, -0.05) is 72.1 Å². The number of para-hydroxylation sites is 1. The van der Waals surface area contributed by atoms with Gasteiger partial charge in [-0.25, -0.2) is 9.37 Å². The maximum Gasteiger partial charge on any atom is 0.234 e. The number of carbonyl (C=O) groups is 1. The van der Waals surface area contributed by atoms with Crippen LogP contribution in [0.1, 0.15) is 17.0 Å². The highest BCUT2D eigenvalue weighted by Crippen LogP contribution is 2.34. The minimum absolute atomic E-state index is 0.137. The van der Waals surface area contributed by atoms with E-state index in [9.17, 15) is 9.18 Å². The number of thiazole rings is 1. The molecule has 6 aromatic rings. The predicted octanol–water partition coefficient (Wildman–Crippen LogP) is 7.63. The summed E-state index contributed by atoms with van der Waals surface area (Å²) in [6, 6.07) is 24.4. The van der Waals surface area contributed by atoms with Gasteiger partial charge in [0.05, 0.1) is 16.0 Å². The van der Waals surface area contributed by atoms with E-state index in [0.29, 0.717) is 27.8 Å². The predicted molar refractivity (Wildman–Crippen MR) is 169 cm³/mol. The number of benzene rings is 4. The monoisotopic (exact) mass is 615 g/mol. The first-order valence-electron chi connectivity index (χ1n) is 13.1. The van der Waals surface area contributed by atoms with E-state index in [4.69, 9.17) is 9.72 Å². The van der Waals surface area contributed by atoms with Gasteiger partial charge >= 0.3 is 0 Å². The van der Waals surface area contributed by atoms with Gasteiger partial charge in [0.1, 0.15) is 18.2 Å². The van der Waals surface area contributed by atoms with E-state index in [2.05, 4.69) is 15.5 Å². The molecule has 7 nitrogen and oxygen atoms in total. The maximum absolute atomic E-state index is 14.2. The van der Waals surface area contributed by atoms with Crippen LogP contribution in [0.2, 0.25) is 0 Å². The Bertz CT molecular complexity index is 1910. The number of nitrogens with one attached hydrogen (secondary N) is 1. The third kappa shape index (κ3) is 6.28. The van der Waals surface area contributed by atoms with Crippen molar-refractivity contribution in [2.45, 2.75) is 28.8 Å². The van der Waals surface area contributed by atoms with Crippen molar-refractivity contribution in [3.05, 3.63) is 102 Å². The molecule has 2 aromatic heterocycles. The molecule has 0 unspecified atom stereocenters. The standard InChI is InChI=1S/C31H26FN5O2S3/c1-19-7-3-6-10-26(19)39-16-28-35-36-30(37(28)2)40-18-29(38)33-21-12-14-25-27(15-21)42-31(34-25)41-17-20-11-13-24(32)23-9-5-4-8-22(20)23/h3-15H,16-18H2,1-2H3,(H,33,38). The Morgan fingerprint density at radius 1 is 1.00 bits per heavy atom. The fourth-order valence-electron chi connectivity index (χ4n) is 4.42. The quantitative estimate of drug-likeness (QED) is 0.159. The molecule has 0 saturated carbocycles. The zero-order valence-electron chi connectivity index (χ0n) is 22.8. The van der Waals surface area contributed by atoms with Crippen molar-refractivity contribution in [1.82, 2.24) is 19.7 Å². The lowest BCUT2D eigenvalue weighted by atomic mass is 10.1. The Balaban J connectivity index is 1.04. The molecule has 2 heterocycles. The van der Waals surface area contributed by atoms with Gasteiger partial charge in [0.2, 0.25) is 5.91 Å². The first-order chi connectivity index (χ1) is 20.4. The third-order valence-corrected chi connectivity index (χ3v) is 9.90. The zero-order chi connectivity index (χ0) is 29.1. The lowest BCUT2D eigenvalue weighted by molar-refractivity contribution is -0.113. The summed E-state index contributed by atoms with van der Waals surface area (Å²) in [5.74, 6) is 2.01. The molecule has 212 valence electrons. The minimum Gasteiger partial charge on any atom is -0.485 e. The third-order valence-electron chi connectivity index (χ3n) is 6.67. The van der Waals surface area contributed by atoms with Crippen LogP contribution in [0.4, 0.5) is 10.1 Å². The second-order valence-corrected chi connectivity index (χ2v) is 12.7. The molecule has 0 spiro atoms. The number of aryl methyl sites for hydroxylation is 1. The van der Waals surface area contributed by atoms with Gasteiger partial charge in [-0.05, 0) is 53.8 Å². The highest BCUT2D eigenvalue weighted by molar-refractivity contribution is 8.00. The molecule has 1 N–H and O–H groups in total. The molecule has 0 aliphatic rings. The van der Waals surface area contributed by atoms with Gasteiger partial charge in [-0.3, -0.25) is 4.79 Å². The highest BCUT2D eigenvalue weighted by Gasteiger charge is 2.14. The van der Waals surface area contributed by atoms with Crippen molar-refractivity contribution in [3.8, 4) is 5.75 Å². The molecule has 1 amide bonds. The Hall–Kier alpha value is -3.93. The number of carbonyl (C=O) groups excluding carboxylic acids is 1. The van der Waals surface area contributed by atoms with E-state index >= 15 is 0 Å². The molecule has 42 heavy (non-hydrogen) atoms. The van der Waals surface area contributed by atoms with Crippen LogP contribution in [-0.4, -0.2) is 31.4 Å². The summed E-state index contributed by atoms with van der Waals surface area (Å²) < 4.78 is 23.8. The number of thioether (sulfide) groups is 2. The summed E-state index contributed by atoms with van der Waals surface area (Å²) in [6.07, 6.45) is 0. The lowest BCUT2D eigenvalue weighted by Gasteiger charge is -2.08. The molecule has 11 heteroatoms. The summed E-state index contributed by atoms with van der Waals surface area (Å²) in [5, 5.41) is 13.6. The number of halogens is 1. The average molecular weight is 616 g/mol. The number of hydrogen-bond acceptors (Lipinski definition) is 8. The second-order valence-electron chi connectivity index (χ2n) is 9.55. The first kappa shape index (κ1) is 28.2. The molecule has 0 fully saturated rings. The molecule has 4 aromatic carbocycles. The van der Waals surface area contributed by atoms with Crippen LogP contribution in [0.15, 0.2) is 88.4 Å². The molecule has 0 bridgehead atoms. The fourth-order valence-corrected chi connectivity index (χ4v) is 7.26. The number of hydrogen-bond donors (Lipinski definition) is 1. The SMILES string of the molecule is Cc1ccccc1OCc1nnc(SCC(=O)Nc2ccc3nc(SCc4ccc(F)c5ccccc45)sc3c2)n1C. The van der Waals surface area contributed by atoms with Gasteiger partial charge in [-0.2, -0.15) is 0 Å². The van der Waals surface area contributed by atoms with Gasteiger partial charge in [0.25, 0.3) is 0 Å². The van der Waals surface area contributed by atoms with E-state index in [1.807, 2.05) is 85.3 Å². The van der Waals surface area contributed by atoms with Crippen LogP contribution in [0, 0.1) is 12.7 Å². The van der Waals surface area contributed by atoms with Crippen LogP contribution in [0.3, 0.4) is 0 Å². The van der Waals surface area contributed by atoms with Gasteiger partial charge in [-0.15, -0.1) is 21.5 Å². The summed E-state index contributed by atoms with van der Waals surface area (Å²) in [5.41, 5.74) is 3.70. The number of amides is 1. The highest BCUT2D eigenvalue weighted by atomic mass is 32.2. The topological polar surface area (TPSA) is 81.9 Å². The van der Waals surface area contributed by atoms with Crippen LogP contribution in [0.25, 0.3) is 21.0 Å². The van der Waals surface area contributed by atoms with Gasteiger partial charge < -0.3 is 14.6 Å². The van der Waals surface area contributed by atoms with Crippen molar-refractivity contribution in [2.24, 2.45) is 7.05 Å². The molecule has 0 aliphatic heterocycles. The Morgan fingerprint density at radius 3 is 2.67 bits per heavy atom. The largest absolute Gasteiger partial charge is 0.485 e. The second kappa shape index (κ2) is 12.5. The van der Waals surface area contributed by atoms with Crippen LogP contribution in [0.5, 0.6) is 5.75 Å². The van der Waals surface area contributed by atoms with Crippen LogP contribution >= 0.6 is 34.9 Å². The zero-order valence-corrected chi connectivity index (χ0v) is 25.3. The summed E-state index contributed by atoms with van der Waals surface area (Å²) in [7, 11) is 1.86. The van der Waals surface area contributed by atoms with Crippen molar-refractivity contribution >= 4 is 67.4 Å². The molecule has 0 radical (unpaired) electrons. The van der Waals surface area contributed by atoms with Crippen molar-refractivity contribution in [3.63, 3.8) is 0 Å². The number of nitrogens with zero attached hydrogens (tertiary/aromatic N) is 4. The van der Waals surface area contributed by atoms with E-state index < -0.39 is 0 Å². The molecule has 6 rings (SSSR count). The molecule has 0 atom stereocenters. The summed E-state index contributed by atoms with van der Waals surface area (Å²) >= 11 is 4.51. The molecule has 0 saturated heterocycles. The van der Waals surface area contributed by atoms with E-state index in [0.717, 1.165) is 36.8 Å². The lowest BCUT2D eigenvalue weighted by Crippen LogP contribution is -2.14. The first-order valence-corrected chi connectivity index (χ1v) is 15.9. The number of ether oxygens (including phenoxy) is 1. The van der Waals surface area contributed by atoms with Crippen LogP contribution < -0.4 is 10.1 Å². The van der Waals surface area contributed by atoms with Crippen molar-refractivity contribution < 1.29 is 13.9 Å². The van der Waals surface area contributed by atoms with Gasteiger partial charge in [0.15, 0.2) is 15.3 Å². The summed E-state index contributed by atoms with van der Waals surface area (Å²) in [6.45, 7) is 2.28. The van der Waals surface area contributed by atoms with E-state index in [1.54, 1.807) is 29.2 Å². The van der Waals surface area contributed by atoms with Crippen molar-refractivity contribution in [1.29, 1.82) is 0 Å². The van der Waals surface area contributed by atoms with Crippen molar-refractivity contribution in [2.75, 3.05) is 11.1 Å². The Morgan fingerprint density at radius 2 is 1.81 bits per heavy atom. The Labute approximate surface area is 254 Å². The van der Waals surface area contributed by atoms with E-state index in [-0.39, 0.29) is 24.1 Å². The Kier molecular flexibility index (Phi) is 8.41. The minimum atomic E-state index is -0.211.